The van der Waals surface area contributed by atoms with Crippen LogP contribution >= 0.6 is 11.6 Å². The highest BCUT2D eigenvalue weighted by atomic mass is 35.5. The summed E-state index contributed by atoms with van der Waals surface area (Å²) < 4.78 is 5.81. The fraction of sp³-hybridized carbons (Fsp3) is 0.250. The normalized spacial score (nSPS) is 14.3. The van der Waals surface area contributed by atoms with Crippen molar-refractivity contribution in [2.24, 2.45) is 11.7 Å². The molecule has 4 heteroatoms. The second-order valence-electron chi connectivity index (χ2n) is 7.29. The first-order valence-electron chi connectivity index (χ1n) is 9.44. The van der Waals surface area contributed by atoms with Gasteiger partial charge in [0.2, 0.25) is 0 Å². The molecule has 3 aromatic carbocycles. The summed E-state index contributed by atoms with van der Waals surface area (Å²) in [6.45, 7) is 2.43. The molecule has 0 radical (unpaired) electrons. The molecule has 0 fully saturated rings. The lowest BCUT2D eigenvalue weighted by Crippen LogP contribution is -2.48. The monoisotopic (exact) mass is 395 g/mol. The Morgan fingerprint density at radius 1 is 0.964 bits per heavy atom. The van der Waals surface area contributed by atoms with Crippen LogP contribution < -0.4 is 10.5 Å². The Hall–Kier alpha value is -2.33. The molecule has 0 aliphatic carbocycles. The van der Waals surface area contributed by atoms with Gasteiger partial charge in [0.1, 0.15) is 18.1 Å². The second kappa shape index (κ2) is 9.24. The van der Waals surface area contributed by atoms with E-state index in [4.69, 9.17) is 22.1 Å². The van der Waals surface area contributed by atoms with Crippen LogP contribution in [0, 0.1) is 5.92 Å². The first kappa shape index (κ1) is 20.4. The molecule has 0 aromatic heterocycles. The molecule has 2 atom stereocenters. The third-order valence-electron chi connectivity index (χ3n) is 4.98. The number of rotatable bonds is 8. The molecule has 0 bridgehead atoms. The van der Waals surface area contributed by atoms with E-state index in [1.807, 2.05) is 79.7 Å². The van der Waals surface area contributed by atoms with Gasteiger partial charge in [-0.25, -0.2) is 0 Å². The Morgan fingerprint density at radius 3 is 2.18 bits per heavy atom. The van der Waals surface area contributed by atoms with Crippen molar-refractivity contribution >= 4 is 11.6 Å². The van der Waals surface area contributed by atoms with Crippen LogP contribution in [-0.4, -0.2) is 10.8 Å². The molecule has 0 spiro atoms. The number of nitrogens with two attached hydrogens (primary N) is 1. The van der Waals surface area contributed by atoms with Crippen LogP contribution in [0.1, 0.15) is 23.6 Å². The lowest BCUT2D eigenvalue weighted by molar-refractivity contribution is -0.00558. The molecule has 3 rings (SSSR count). The van der Waals surface area contributed by atoms with Gasteiger partial charge >= 0.3 is 0 Å². The number of benzene rings is 3. The fourth-order valence-corrected chi connectivity index (χ4v) is 3.36. The van der Waals surface area contributed by atoms with Gasteiger partial charge in [-0.2, -0.15) is 0 Å². The SMILES string of the molecule is CC(Cc1ccccc1)[C@](N)(O)Cc1ccc(OCc2ccccc2)cc1Cl. The smallest absolute Gasteiger partial charge is 0.121 e. The predicted octanol–water partition coefficient (Wildman–Crippen LogP) is 4.99. The molecule has 3 nitrogen and oxygen atoms in total. The average molecular weight is 396 g/mol. The minimum atomic E-state index is -1.36. The van der Waals surface area contributed by atoms with E-state index in [0.29, 0.717) is 23.8 Å². The van der Waals surface area contributed by atoms with E-state index in [1.165, 1.54) is 0 Å². The zero-order valence-electron chi connectivity index (χ0n) is 16.0. The predicted molar refractivity (Wildman–Crippen MR) is 114 cm³/mol. The van der Waals surface area contributed by atoms with Gasteiger partial charge in [-0.05, 0) is 35.2 Å². The van der Waals surface area contributed by atoms with Gasteiger partial charge in [-0.1, -0.05) is 85.3 Å². The van der Waals surface area contributed by atoms with Gasteiger partial charge in [0.15, 0.2) is 0 Å². The molecule has 0 saturated carbocycles. The summed E-state index contributed by atoms with van der Waals surface area (Å²) in [7, 11) is 0. The Labute approximate surface area is 171 Å². The van der Waals surface area contributed by atoms with E-state index in [0.717, 1.165) is 16.7 Å². The highest BCUT2D eigenvalue weighted by Gasteiger charge is 2.30. The number of hydrogen-bond acceptors (Lipinski definition) is 3. The zero-order valence-corrected chi connectivity index (χ0v) is 16.8. The summed E-state index contributed by atoms with van der Waals surface area (Å²) in [5.74, 6) is 0.565. The molecule has 1 unspecified atom stereocenters. The third-order valence-corrected chi connectivity index (χ3v) is 5.34. The molecule has 3 aromatic rings. The van der Waals surface area contributed by atoms with Crippen molar-refractivity contribution in [3.05, 3.63) is 101 Å². The van der Waals surface area contributed by atoms with E-state index >= 15 is 0 Å². The summed E-state index contributed by atoms with van der Waals surface area (Å²) in [5, 5.41) is 11.4. The number of aliphatic hydroxyl groups is 1. The lowest BCUT2D eigenvalue weighted by atomic mass is 9.87. The molecule has 28 heavy (non-hydrogen) atoms. The number of ether oxygens (including phenoxy) is 1. The van der Waals surface area contributed by atoms with Crippen LogP contribution in [0.3, 0.4) is 0 Å². The zero-order chi connectivity index (χ0) is 20.0. The van der Waals surface area contributed by atoms with Crippen LogP contribution in [0.2, 0.25) is 5.02 Å². The molecule has 3 N–H and O–H groups in total. The van der Waals surface area contributed by atoms with Gasteiger partial charge in [0.05, 0.1) is 0 Å². The quantitative estimate of drug-likeness (QED) is 0.528. The van der Waals surface area contributed by atoms with Crippen molar-refractivity contribution in [1.82, 2.24) is 0 Å². The highest BCUT2D eigenvalue weighted by molar-refractivity contribution is 6.31. The number of halogens is 1. The Bertz CT molecular complexity index is 882. The Morgan fingerprint density at radius 2 is 1.57 bits per heavy atom. The van der Waals surface area contributed by atoms with Crippen LogP contribution in [-0.2, 0) is 19.4 Å². The minimum absolute atomic E-state index is 0.125. The van der Waals surface area contributed by atoms with E-state index in [-0.39, 0.29) is 12.3 Å². The van der Waals surface area contributed by atoms with Gasteiger partial charge in [-0.15, -0.1) is 0 Å². The molecule has 0 saturated heterocycles. The van der Waals surface area contributed by atoms with Crippen LogP contribution in [0.4, 0.5) is 0 Å². The molecule has 0 aliphatic heterocycles. The third kappa shape index (κ3) is 5.59. The highest BCUT2D eigenvalue weighted by Crippen LogP contribution is 2.28. The summed E-state index contributed by atoms with van der Waals surface area (Å²) in [4.78, 5) is 0. The lowest BCUT2D eigenvalue weighted by Gasteiger charge is -2.31. The summed E-state index contributed by atoms with van der Waals surface area (Å²) in [6.07, 6.45) is 0.975. The average Bonchev–Trinajstić information content (AvgIpc) is 2.70. The van der Waals surface area contributed by atoms with Gasteiger partial charge in [0, 0.05) is 17.4 Å². The second-order valence-corrected chi connectivity index (χ2v) is 7.69. The van der Waals surface area contributed by atoms with Gasteiger partial charge in [0.25, 0.3) is 0 Å². The summed E-state index contributed by atoms with van der Waals surface area (Å²) in [5.41, 5.74) is 7.94. The number of hydrogen-bond donors (Lipinski definition) is 2. The van der Waals surface area contributed by atoms with E-state index in [1.54, 1.807) is 6.07 Å². The largest absolute Gasteiger partial charge is 0.489 e. The maximum Gasteiger partial charge on any atom is 0.121 e. The molecular formula is C24H26ClNO2. The molecule has 146 valence electrons. The van der Waals surface area contributed by atoms with Crippen molar-refractivity contribution in [2.75, 3.05) is 0 Å². The van der Waals surface area contributed by atoms with Crippen molar-refractivity contribution in [1.29, 1.82) is 0 Å². The first-order chi connectivity index (χ1) is 13.4. The maximum absolute atomic E-state index is 10.8. The topological polar surface area (TPSA) is 55.5 Å². The van der Waals surface area contributed by atoms with Crippen molar-refractivity contribution in [3.63, 3.8) is 0 Å². The Balaban J connectivity index is 1.62. The van der Waals surface area contributed by atoms with Crippen molar-refractivity contribution in [3.8, 4) is 5.75 Å². The molecule has 0 aliphatic rings. The standard InChI is InChI=1S/C24H26ClNO2/c1-18(14-19-8-4-2-5-9-19)24(26,27)16-21-12-13-22(15-23(21)25)28-17-20-10-6-3-7-11-20/h2-13,15,18,27H,14,16-17,26H2,1H3/t18?,24-/m1/s1. The summed E-state index contributed by atoms with van der Waals surface area (Å²) in [6, 6.07) is 25.5. The molecule has 0 heterocycles. The van der Waals surface area contributed by atoms with Gasteiger partial charge < -0.3 is 15.6 Å². The Kier molecular flexibility index (Phi) is 6.74. The van der Waals surface area contributed by atoms with Crippen LogP contribution in [0.15, 0.2) is 78.9 Å². The first-order valence-corrected chi connectivity index (χ1v) is 9.82. The summed E-state index contributed by atoms with van der Waals surface area (Å²) >= 11 is 6.44. The van der Waals surface area contributed by atoms with E-state index in [2.05, 4.69) is 0 Å². The van der Waals surface area contributed by atoms with Crippen LogP contribution in [0.25, 0.3) is 0 Å². The maximum atomic E-state index is 10.8. The minimum Gasteiger partial charge on any atom is -0.489 e. The van der Waals surface area contributed by atoms with Crippen LogP contribution in [0.5, 0.6) is 5.75 Å². The van der Waals surface area contributed by atoms with E-state index in [9.17, 15) is 5.11 Å². The van der Waals surface area contributed by atoms with E-state index < -0.39 is 5.72 Å². The molecule has 0 amide bonds. The fourth-order valence-electron chi connectivity index (χ4n) is 3.13. The molecular weight excluding hydrogens is 370 g/mol. The van der Waals surface area contributed by atoms with Gasteiger partial charge in [-0.3, -0.25) is 0 Å². The van der Waals surface area contributed by atoms with Crippen molar-refractivity contribution in [2.45, 2.75) is 32.1 Å². The van der Waals surface area contributed by atoms with Crippen molar-refractivity contribution < 1.29 is 9.84 Å².